The summed E-state index contributed by atoms with van der Waals surface area (Å²) in [6, 6.07) is 13.9. The number of aromatic nitrogens is 1. The van der Waals surface area contributed by atoms with Crippen molar-refractivity contribution in [3.63, 3.8) is 0 Å². The minimum Gasteiger partial charge on any atom is -0.383 e. The molecule has 2 aromatic rings. The number of hydrogen-bond acceptors (Lipinski definition) is 3. The highest BCUT2D eigenvalue weighted by Crippen LogP contribution is 2.12. The maximum atomic E-state index is 12.4. The van der Waals surface area contributed by atoms with Crippen molar-refractivity contribution in [2.45, 2.75) is 26.4 Å². The van der Waals surface area contributed by atoms with Crippen molar-refractivity contribution in [2.24, 2.45) is 0 Å². The minimum absolute atomic E-state index is 0.0775. The van der Waals surface area contributed by atoms with Gasteiger partial charge in [0, 0.05) is 31.5 Å². The summed E-state index contributed by atoms with van der Waals surface area (Å²) in [7, 11) is 1.79. The van der Waals surface area contributed by atoms with Crippen LogP contribution in [0.1, 0.15) is 29.9 Å². The molecular formula is C17H21N3O. The molecule has 0 saturated heterocycles. The second kappa shape index (κ2) is 6.88. The van der Waals surface area contributed by atoms with E-state index in [0.717, 1.165) is 11.3 Å². The van der Waals surface area contributed by atoms with Gasteiger partial charge in [-0.1, -0.05) is 30.3 Å². The third-order valence-electron chi connectivity index (χ3n) is 3.04. The van der Waals surface area contributed by atoms with Gasteiger partial charge in [0.1, 0.15) is 5.69 Å². The van der Waals surface area contributed by atoms with Crippen molar-refractivity contribution in [1.29, 1.82) is 0 Å². The lowest BCUT2D eigenvalue weighted by Crippen LogP contribution is -2.27. The van der Waals surface area contributed by atoms with Gasteiger partial charge in [0.25, 0.3) is 5.91 Å². The zero-order valence-electron chi connectivity index (χ0n) is 12.7. The molecule has 0 bridgehead atoms. The molecule has 0 aliphatic heterocycles. The van der Waals surface area contributed by atoms with E-state index in [2.05, 4.69) is 24.1 Å². The second-order valence-corrected chi connectivity index (χ2v) is 5.38. The lowest BCUT2D eigenvalue weighted by Gasteiger charge is -2.17. The predicted molar refractivity (Wildman–Crippen MR) is 85.2 cm³/mol. The Balaban J connectivity index is 2.08. The van der Waals surface area contributed by atoms with Crippen LogP contribution in [0.5, 0.6) is 0 Å². The maximum absolute atomic E-state index is 12.4. The third kappa shape index (κ3) is 4.31. The van der Waals surface area contributed by atoms with Crippen molar-refractivity contribution >= 4 is 11.6 Å². The van der Waals surface area contributed by atoms with Crippen molar-refractivity contribution in [3.05, 3.63) is 59.9 Å². The molecule has 1 N–H and O–H groups in total. The molecule has 2 rings (SSSR count). The van der Waals surface area contributed by atoms with Gasteiger partial charge in [-0.2, -0.15) is 0 Å². The number of carbonyl (C=O) groups is 1. The summed E-state index contributed by atoms with van der Waals surface area (Å²) in [6.45, 7) is 4.69. The monoisotopic (exact) mass is 283 g/mol. The van der Waals surface area contributed by atoms with Crippen molar-refractivity contribution in [2.75, 3.05) is 12.4 Å². The van der Waals surface area contributed by atoms with Crippen molar-refractivity contribution in [1.82, 2.24) is 9.88 Å². The predicted octanol–water partition coefficient (Wildman–Crippen LogP) is 3.17. The van der Waals surface area contributed by atoms with Gasteiger partial charge in [-0.25, -0.2) is 0 Å². The molecule has 4 heteroatoms. The lowest BCUT2D eigenvalue weighted by atomic mass is 10.2. The van der Waals surface area contributed by atoms with Gasteiger partial charge in [-0.05, 0) is 31.5 Å². The van der Waals surface area contributed by atoms with Gasteiger partial charge in [0.2, 0.25) is 0 Å². The average molecular weight is 283 g/mol. The first-order valence-corrected chi connectivity index (χ1v) is 7.08. The fourth-order valence-corrected chi connectivity index (χ4v) is 2.10. The average Bonchev–Trinajstić information content (AvgIpc) is 2.47. The number of benzene rings is 1. The smallest absolute Gasteiger partial charge is 0.272 e. The first kappa shape index (κ1) is 15.0. The summed E-state index contributed by atoms with van der Waals surface area (Å²) < 4.78 is 0. The van der Waals surface area contributed by atoms with Gasteiger partial charge in [0.05, 0.1) is 0 Å². The number of pyridine rings is 1. The largest absolute Gasteiger partial charge is 0.383 e. The van der Waals surface area contributed by atoms with Gasteiger partial charge in [-0.3, -0.25) is 9.78 Å². The van der Waals surface area contributed by atoms with Gasteiger partial charge < -0.3 is 10.2 Å². The van der Waals surface area contributed by atoms with E-state index in [-0.39, 0.29) is 5.91 Å². The van der Waals surface area contributed by atoms with E-state index in [9.17, 15) is 4.79 Å². The normalized spacial score (nSPS) is 10.5. The third-order valence-corrected chi connectivity index (χ3v) is 3.04. The Kier molecular flexibility index (Phi) is 4.93. The van der Waals surface area contributed by atoms with Crippen LogP contribution < -0.4 is 5.32 Å². The van der Waals surface area contributed by atoms with Crippen LogP contribution >= 0.6 is 0 Å². The van der Waals surface area contributed by atoms with Crippen LogP contribution in [0.2, 0.25) is 0 Å². The Labute approximate surface area is 125 Å². The summed E-state index contributed by atoms with van der Waals surface area (Å²) in [5, 5.41) is 3.28. The summed E-state index contributed by atoms with van der Waals surface area (Å²) in [5.74, 6) is -0.0775. The molecule has 1 heterocycles. The maximum Gasteiger partial charge on any atom is 0.272 e. The Bertz CT molecular complexity index is 596. The fourth-order valence-electron chi connectivity index (χ4n) is 2.10. The van der Waals surface area contributed by atoms with Crippen LogP contribution in [0.25, 0.3) is 0 Å². The summed E-state index contributed by atoms with van der Waals surface area (Å²) in [4.78, 5) is 18.3. The lowest BCUT2D eigenvalue weighted by molar-refractivity contribution is 0.0779. The van der Waals surface area contributed by atoms with Gasteiger partial charge in [0.15, 0.2) is 0 Å². The molecule has 1 aromatic carbocycles. The highest BCUT2D eigenvalue weighted by atomic mass is 16.2. The molecule has 1 amide bonds. The Morgan fingerprint density at radius 1 is 1.24 bits per heavy atom. The molecule has 0 aliphatic carbocycles. The Morgan fingerprint density at radius 2 is 1.95 bits per heavy atom. The van der Waals surface area contributed by atoms with Crippen LogP contribution in [0, 0.1) is 0 Å². The van der Waals surface area contributed by atoms with E-state index in [4.69, 9.17) is 0 Å². The van der Waals surface area contributed by atoms with E-state index in [1.54, 1.807) is 24.2 Å². The fraction of sp³-hybridized carbons (Fsp3) is 0.294. The first-order valence-electron chi connectivity index (χ1n) is 7.08. The topological polar surface area (TPSA) is 45.2 Å². The molecular weight excluding hydrogens is 262 g/mol. The van der Waals surface area contributed by atoms with E-state index in [0.29, 0.717) is 18.3 Å². The number of hydrogen-bond donors (Lipinski definition) is 1. The van der Waals surface area contributed by atoms with Gasteiger partial charge in [-0.15, -0.1) is 0 Å². The molecule has 0 saturated carbocycles. The molecule has 0 spiro atoms. The molecule has 21 heavy (non-hydrogen) atoms. The molecule has 0 radical (unpaired) electrons. The zero-order chi connectivity index (χ0) is 15.2. The molecule has 4 nitrogen and oxygen atoms in total. The number of nitrogens with one attached hydrogen (secondary N) is 1. The van der Waals surface area contributed by atoms with E-state index >= 15 is 0 Å². The van der Waals surface area contributed by atoms with E-state index in [1.165, 1.54) is 0 Å². The SMILES string of the molecule is CC(C)Nc1ccnc(C(=O)N(C)Cc2ccccc2)c1. The van der Waals surface area contributed by atoms with Gasteiger partial charge >= 0.3 is 0 Å². The highest BCUT2D eigenvalue weighted by Gasteiger charge is 2.14. The van der Waals surface area contributed by atoms with E-state index < -0.39 is 0 Å². The zero-order valence-corrected chi connectivity index (χ0v) is 12.7. The van der Waals surface area contributed by atoms with Crippen LogP contribution in [0.3, 0.4) is 0 Å². The molecule has 0 unspecified atom stereocenters. The number of rotatable bonds is 5. The quantitative estimate of drug-likeness (QED) is 0.916. The summed E-state index contributed by atoms with van der Waals surface area (Å²) >= 11 is 0. The molecule has 0 atom stereocenters. The molecule has 110 valence electrons. The number of anilines is 1. The molecule has 0 fully saturated rings. The van der Waals surface area contributed by atoms with Crippen LogP contribution in [-0.2, 0) is 6.54 Å². The standard InChI is InChI=1S/C17H21N3O/c1-13(2)19-15-9-10-18-16(11-15)17(21)20(3)12-14-7-5-4-6-8-14/h4-11,13H,12H2,1-3H3,(H,18,19). The van der Waals surface area contributed by atoms with Crippen molar-refractivity contribution < 1.29 is 4.79 Å². The molecule has 0 aliphatic rings. The van der Waals surface area contributed by atoms with E-state index in [1.807, 2.05) is 36.4 Å². The second-order valence-electron chi connectivity index (χ2n) is 5.38. The number of amides is 1. The van der Waals surface area contributed by atoms with Crippen LogP contribution in [0.4, 0.5) is 5.69 Å². The van der Waals surface area contributed by atoms with Crippen molar-refractivity contribution in [3.8, 4) is 0 Å². The Hall–Kier alpha value is -2.36. The minimum atomic E-state index is -0.0775. The number of nitrogens with zero attached hydrogens (tertiary/aromatic N) is 2. The van der Waals surface area contributed by atoms with Crippen LogP contribution in [0.15, 0.2) is 48.7 Å². The molecule has 1 aromatic heterocycles. The summed E-state index contributed by atoms with van der Waals surface area (Å²) in [5.41, 5.74) is 2.47. The number of carbonyl (C=O) groups excluding carboxylic acids is 1. The van der Waals surface area contributed by atoms with Crippen LogP contribution in [-0.4, -0.2) is 28.9 Å². The summed E-state index contributed by atoms with van der Waals surface area (Å²) in [6.07, 6.45) is 1.66. The Morgan fingerprint density at radius 3 is 2.62 bits per heavy atom. The highest BCUT2D eigenvalue weighted by molar-refractivity contribution is 5.92. The first-order chi connectivity index (χ1) is 10.1.